The van der Waals surface area contributed by atoms with Gasteiger partial charge < -0.3 is 31.0 Å². The number of aromatic amines is 1. The minimum Gasteiger partial charge on any atom is -0.402 e. The van der Waals surface area contributed by atoms with Crippen molar-refractivity contribution in [3.63, 3.8) is 0 Å². The van der Waals surface area contributed by atoms with Crippen LogP contribution in [0.1, 0.15) is 78.1 Å². The molecule has 0 aliphatic heterocycles. The van der Waals surface area contributed by atoms with Crippen LogP contribution < -0.4 is 21.7 Å². The predicted molar refractivity (Wildman–Crippen MR) is 160 cm³/mol. The van der Waals surface area contributed by atoms with E-state index in [2.05, 4.69) is 30.9 Å². The SMILES string of the molecule is CC/C=C(C)\C(=C\c1ccc(CCCN=C/C(CCNC(=O)/C=C/NC(=O)CC(C)(C)CC)=N\N)[nH]1)N[B]F. The number of aliphatic imine (C=N–C) groups is 1. The molecule has 6 N–H and O–H groups in total. The number of nitrogens with two attached hydrogens (primary N) is 1. The molecule has 0 fully saturated rings. The molecule has 0 aromatic carbocycles. The molecule has 39 heavy (non-hydrogen) atoms. The van der Waals surface area contributed by atoms with Crippen molar-refractivity contribution in [3.05, 3.63) is 53.1 Å². The fourth-order valence-electron chi connectivity index (χ4n) is 3.48. The van der Waals surface area contributed by atoms with Gasteiger partial charge in [0.25, 0.3) is 0 Å². The Balaban J connectivity index is 2.39. The molecule has 1 radical (unpaired) electrons. The quantitative estimate of drug-likeness (QED) is 0.0364. The van der Waals surface area contributed by atoms with Crippen LogP contribution in [0.4, 0.5) is 4.32 Å². The highest BCUT2D eigenvalue weighted by molar-refractivity contribution is 6.30. The van der Waals surface area contributed by atoms with Crippen molar-refractivity contribution in [1.82, 2.24) is 20.8 Å². The minimum absolute atomic E-state index is 0.0769. The lowest BCUT2D eigenvalue weighted by Gasteiger charge is -2.20. The largest absolute Gasteiger partial charge is 0.488 e. The van der Waals surface area contributed by atoms with E-state index in [0.717, 1.165) is 42.6 Å². The summed E-state index contributed by atoms with van der Waals surface area (Å²) in [7, 11) is 0.433. The maximum Gasteiger partial charge on any atom is 0.488 e. The van der Waals surface area contributed by atoms with E-state index in [-0.39, 0.29) is 17.2 Å². The van der Waals surface area contributed by atoms with Crippen molar-refractivity contribution in [2.45, 2.75) is 73.1 Å². The summed E-state index contributed by atoms with van der Waals surface area (Å²) in [5.74, 6) is 5.01. The number of aryl methyl sites for hydroxylation is 1. The summed E-state index contributed by atoms with van der Waals surface area (Å²) in [5.41, 5.74) is 4.12. The summed E-state index contributed by atoms with van der Waals surface area (Å²) in [6.45, 7) is 11.0. The van der Waals surface area contributed by atoms with Gasteiger partial charge in [0.2, 0.25) is 11.8 Å². The number of rotatable bonds is 18. The lowest BCUT2D eigenvalue weighted by atomic mass is 9.86. The first kappa shape index (κ1) is 33.4. The Morgan fingerprint density at radius 1 is 1.26 bits per heavy atom. The Bertz CT molecular complexity index is 1060. The van der Waals surface area contributed by atoms with Gasteiger partial charge in [0.05, 0.1) is 5.71 Å². The maximum atomic E-state index is 12.7. The van der Waals surface area contributed by atoms with Crippen LogP contribution in [0, 0.1) is 5.41 Å². The number of aromatic nitrogens is 1. The summed E-state index contributed by atoms with van der Waals surface area (Å²) in [6.07, 6.45) is 12.4. The fourth-order valence-corrected chi connectivity index (χ4v) is 3.48. The van der Waals surface area contributed by atoms with E-state index in [9.17, 15) is 13.9 Å². The average Bonchev–Trinajstić information content (AvgIpc) is 3.34. The molecule has 1 rings (SSSR count). The predicted octanol–water partition coefficient (Wildman–Crippen LogP) is 4.09. The molecular weight excluding hydrogens is 496 g/mol. The standard InChI is InChI=1S/C28H44BFN7O2/c1-6-9-21(3)25(36-29-30)18-23-12-11-22(35-23)10-8-15-32-20-24(37-31)13-16-33-26(38)14-17-34-27(39)19-28(4,5)7-2/h9,11-12,14,17-18,20,35-36H,6-8,10,13,15-16,19,31H2,1-5H3,(H,33,38)(H,34,39)/b17-14+,21-9-,25-18-,32-20?,37-24-. The number of hydrogen-bond acceptors (Lipinski definition) is 6. The van der Waals surface area contributed by atoms with Gasteiger partial charge in [-0.05, 0) is 55.4 Å². The van der Waals surface area contributed by atoms with E-state index in [1.807, 2.05) is 58.9 Å². The summed E-state index contributed by atoms with van der Waals surface area (Å²) >= 11 is 0. The highest BCUT2D eigenvalue weighted by Crippen LogP contribution is 2.23. The zero-order valence-electron chi connectivity index (χ0n) is 23.9. The summed E-state index contributed by atoms with van der Waals surface area (Å²) in [6, 6.07) is 3.97. The number of carbonyl (C=O) groups excluding carboxylic acids is 2. The monoisotopic (exact) mass is 540 g/mol. The summed E-state index contributed by atoms with van der Waals surface area (Å²) in [4.78, 5) is 31.6. The Labute approximate surface area is 233 Å². The van der Waals surface area contributed by atoms with Crippen molar-refractivity contribution in [1.29, 1.82) is 0 Å². The number of hydrogen-bond donors (Lipinski definition) is 5. The lowest BCUT2D eigenvalue weighted by molar-refractivity contribution is -0.122. The molecule has 1 aromatic heterocycles. The maximum absolute atomic E-state index is 12.7. The van der Waals surface area contributed by atoms with Crippen LogP contribution in [0.2, 0.25) is 0 Å². The number of nitrogens with one attached hydrogen (secondary N) is 4. The molecule has 1 aromatic rings. The van der Waals surface area contributed by atoms with Gasteiger partial charge in [-0.2, -0.15) is 5.10 Å². The molecule has 9 nitrogen and oxygen atoms in total. The lowest BCUT2D eigenvalue weighted by Crippen LogP contribution is -2.27. The van der Waals surface area contributed by atoms with Gasteiger partial charge in [-0.25, -0.2) is 0 Å². The van der Waals surface area contributed by atoms with Crippen molar-refractivity contribution < 1.29 is 13.9 Å². The third-order valence-electron chi connectivity index (χ3n) is 6.11. The number of hydrazone groups is 1. The van der Waals surface area contributed by atoms with Crippen LogP contribution in [0.25, 0.3) is 6.08 Å². The molecule has 0 aliphatic carbocycles. The van der Waals surface area contributed by atoms with Crippen molar-refractivity contribution in [2.24, 2.45) is 21.4 Å². The number of nitrogens with zero attached hydrogens (tertiary/aromatic N) is 2. The Morgan fingerprint density at radius 3 is 2.69 bits per heavy atom. The molecule has 0 atom stereocenters. The molecule has 0 unspecified atom stereocenters. The zero-order chi connectivity index (χ0) is 29.1. The van der Waals surface area contributed by atoms with Crippen LogP contribution in [-0.2, 0) is 16.0 Å². The number of allylic oxidation sites excluding steroid dienone is 2. The second-order valence-electron chi connectivity index (χ2n) is 9.94. The third kappa shape index (κ3) is 14.8. The Kier molecular flexibility index (Phi) is 15.9. The number of H-pyrrole nitrogens is 1. The first-order valence-corrected chi connectivity index (χ1v) is 13.4. The minimum atomic E-state index is -0.319. The summed E-state index contributed by atoms with van der Waals surface area (Å²) in [5, 5.41) is 11.7. The average molecular weight is 541 g/mol. The summed E-state index contributed by atoms with van der Waals surface area (Å²) < 4.78 is 12.7. The van der Waals surface area contributed by atoms with Gasteiger partial charge in [-0.1, -0.05) is 40.2 Å². The van der Waals surface area contributed by atoms with Gasteiger partial charge in [-0.15, -0.1) is 0 Å². The Hall–Kier alpha value is -3.63. The fraction of sp³-hybridized carbons (Fsp3) is 0.500. The molecule has 0 aliphatic rings. The molecule has 2 amide bonds. The molecule has 0 saturated heterocycles. The van der Waals surface area contributed by atoms with Gasteiger partial charge in [0.1, 0.15) is 0 Å². The van der Waals surface area contributed by atoms with Crippen LogP contribution in [-0.4, -0.2) is 49.5 Å². The van der Waals surface area contributed by atoms with Gasteiger partial charge in [0.15, 0.2) is 0 Å². The second kappa shape index (κ2) is 18.6. The van der Waals surface area contributed by atoms with E-state index < -0.39 is 0 Å². The van der Waals surface area contributed by atoms with Gasteiger partial charge in [-0.3, -0.25) is 14.6 Å². The van der Waals surface area contributed by atoms with Crippen LogP contribution >= 0.6 is 0 Å². The normalized spacial score (nSPS) is 13.2. The van der Waals surface area contributed by atoms with E-state index in [4.69, 9.17) is 5.84 Å². The molecule has 0 spiro atoms. The van der Waals surface area contributed by atoms with Gasteiger partial charge >= 0.3 is 7.69 Å². The van der Waals surface area contributed by atoms with Crippen LogP contribution in [0.5, 0.6) is 0 Å². The van der Waals surface area contributed by atoms with E-state index in [0.29, 0.717) is 45.0 Å². The van der Waals surface area contributed by atoms with Crippen molar-refractivity contribution in [3.8, 4) is 0 Å². The van der Waals surface area contributed by atoms with Gasteiger partial charge in [0, 0.05) is 61.5 Å². The first-order valence-electron chi connectivity index (χ1n) is 13.4. The van der Waals surface area contributed by atoms with E-state index in [1.165, 1.54) is 12.3 Å². The topological polar surface area (TPSA) is 137 Å². The van der Waals surface area contributed by atoms with E-state index in [1.54, 1.807) is 6.21 Å². The number of carbonyl (C=O) groups is 2. The zero-order valence-corrected chi connectivity index (χ0v) is 23.9. The third-order valence-corrected chi connectivity index (χ3v) is 6.11. The van der Waals surface area contributed by atoms with Crippen molar-refractivity contribution in [2.75, 3.05) is 13.1 Å². The molecular formula is C28H44BFN7O2. The van der Waals surface area contributed by atoms with Crippen LogP contribution in [0.15, 0.2) is 51.8 Å². The molecule has 213 valence electrons. The highest BCUT2D eigenvalue weighted by Gasteiger charge is 2.18. The molecule has 11 heteroatoms. The molecule has 1 heterocycles. The first-order chi connectivity index (χ1) is 18.6. The molecule has 0 bridgehead atoms. The molecule has 0 saturated carbocycles. The highest BCUT2D eigenvalue weighted by atomic mass is 19.1. The Morgan fingerprint density at radius 2 is 2.03 bits per heavy atom. The van der Waals surface area contributed by atoms with E-state index >= 15 is 0 Å². The number of amides is 2. The van der Waals surface area contributed by atoms with Crippen LogP contribution in [0.3, 0.4) is 0 Å². The number of halogens is 1. The smallest absolute Gasteiger partial charge is 0.402 e. The van der Waals surface area contributed by atoms with Crippen molar-refractivity contribution >= 4 is 37.5 Å². The second-order valence-corrected chi connectivity index (χ2v) is 9.94.